The van der Waals surface area contributed by atoms with Crippen molar-refractivity contribution >= 4 is 0 Å². The molecule has 4 heteroatoms. The van der Waals surface area contributed by atoms with Gasteiger partial charge in [0.25, 0.3) is 0 Å². The van der Waals surface area contributed by atoms with E-state index in [1.54, 1.807) is 0 Å². The van der Waals surface area contributed by atoms with E-state index < -0.39 is 0 Å². The molecule has 4 rings (SSSR count). The van der Waals surface area contributed by atoms with Crippen LogP contribution in [-0.4, -0.2) is 0 Å². The van der Waals surface area contributed by atoms with Gasteiger partial charge in [-0.1, -0.05) is 24.3 Å². The van der Waals surface area contributed by atoms with Crippen molar-refractivity contribution in [2.75, 3.05) is 0 Å². The maximum atomic E-state index is 5.04. The lowest BCUT2D eigenvalue weighted by Gasteiger charge is -2.18. The summed E-state index contributed by atoms with van der Waals surface area (Å²) in [6.45, 7) is 2.05. The van der Waals surface area contributed by atoms with Gasteiger partial charge in [0, 0.05) is 0 Å². The van der Waals surface area contributed by atoms with Crippen molar-refractivity contribution in [1.82, 2.24) is 0 Å². The summed E-state index contributed by atoms with van der Waals surface area (Å²) in [5.74, 6) is 0. The third-order valence-electron chi connectivity index (χ3n) is 3.77. The van der Waals surface area contributed by atoms with Gasteiger partial charge in [-0.15, -0.1) is 0 Å². The fraction of sp³-hybridized carbons (Fsp3) is 0.250. The van der Waals surface area contributed by atoms with Crippen LogP contribution in [-0.2, 0) is 46.0 Å². The highest BCUT2D eigenvalue weighted by Gasteiger charge is 2.14. The molecule has 0 unspecified atom stereocenters. The molecular weight excluding hydrogens is 256 g/mol. The lowest BCUT2D eigenvalue weighted by Crippen LogP contribution is -2.08. The molecule has 0 amide bonds. The van der Waals surface area contributed by atoms with Crippen LogP contribution in [0.2, 0.25) is 0 Å². The van der Waals surface area contributed by atoms with E-state index in [2.05, 4.69) is 36.4 Å². The molecule has 0 saturated carbocycles. The monoisotopic (exact) mass is 270 g/mol. The molecule has 2 heterocycles. The lowest BCUT2D eigenvalue weighted by molar-refractivity contribution is -0.322. The molecule has 2 aromatic rings. The fourth-order valence-electron chi connectivity index (χ4n) is 2.58. The quantitative estimate of drug-likeness (QED) is 0.745. The second kappa shape index (κ2) is 5.00. The van der Waals surface area contributed by atoms with Crippen LogP contribution in [0, 0.1) is 0 Å². The lowest BCUT2D eigenvalue weighted by atomic mass is 9.96. The standard InChI is InChI=1S/C16H14O4/c1-3-13-7-17-19-9-15(13)5-11(1)12-2-4-14-8-18-20-10-16(14)6-12/h1-6H,7-10H2. The summed E-state index contributed by atoms with van der Waals surface area (Å²) in [4.78, 5) is 20.1. The van der Waals surface area contributed by atoms with Crippen molar-refractivity contribution in [2.45, 2.75) is 26.4 Å². The van der Waals surface area contributed by atoms with Crippen LogP contribution in [0.15, 0.2) is 36.4 Å². The van der Waals surface area contributed by atoms with Crippen molar-refractivity contribution in [3.8, 4) is 11.1 Å². The summed E-state index contributed by atoms with van der Waals surface area (Å²) in [7, 11) is 0. The largest absolute Gasteiger partial charge is 0.232 e. The van der Waals surface area contributed by atoms with E-state index in [0.29, 0.717) is 26.4 Å². The zero-order valence-corrected chi connectivity index (χ0v) is 10.9. The average Bonchev–Trinajstić information content (AvgIpc) is 2.54. The van der Waals surface area contributed by atoms with Gasteiger partial charge in [0.15, 0.2) is 0 Å². The van der Waals surface area contributed by atoms with E-state index in [0.717, 1.165) is 0 Å². The van der Waals surface area contributed by atoms with Crippen LogP contribution in [0.3, 0.4) is 0 Å². The first-order valence-electron chi connectivity index (χ1n) is 6.63. The minimum atomic E-state index is 0.505. The van der Waals surface area contributed by atoms with Gasteiger partial charge in [0.1, 0.15) is 26.4 Å². The summed E-state index contributed by atoms with van der Waals surface area (Å²) in [5.41, 5.74) is 7.12. The minimum absolute atomic E-state index is 0.505. The Kier molecular flexibility index (Phi) is 3.01. The predicted molar refractivity (Wildman–Crippen MR) is 71.0 cm³/mol. The van der Waals surface area contributed by atoms with E-state index in [4.69, 9.17) is 19.6 Å². The Morgan fingerprint density at radius 1 is 0.500 bits per heavy atom. The highest BCUT2D eigenvalue weighted by atomic mass is 17.2. The maximum absolute atomic E-state index is 5.04. The zero-order valence-electron chi connectivity index (χ0n) is 10.9. The minimum Gasteiger partial charge on any atom is -0.232 e. The maximum Gasteiger partial charge on any atom is 0.108 e. The molecule has 0 bridgehead atoms. The fourth-order valence-corrected chi connectivity index (χ4v) is 2.58. The second-order valence-corrected chi connectivity index (χ2v) is 5.02. The zero-order chi connectivity index (χ0) is 13.4. The van der Waals surface area contributed by atoms with E-state index in [1.807, 2.05) is 0 Å². The molecule has 2 aliphatic rings. The van der Waals surface area contributed by atoms with E-state index in [1.165, 1.54) is 33.4 Å². The van der Waals surface area contributed by atoms with Crippen LogP contribution >= 0.6 is 0 Å². The van der Waals surface area contributed by atoms with Crippen molar-refractivity contribution in [3.05, 3.63) is 58.7 Å². The molecule has 2 aromatic carbocycles. The molecule has 102 valence electrons. The Morgan fingerprint density at radius 2 is 0.900 bits per heavy atom. The van der Waals surface area contributed by atoms with Crippen LogP contribution < -0.4 is 0 Å². The van der Waals surface area contributed by atoms with Crippen molar-refractivity contribution in [1.29, 1.82) is 0 Å². The molecule has 0 N–H and O–H groups in total. The van der Waals surface area contributed by atoms with Crippen molar-refractivity contribution in [3.63, 3.8) is 0 Å². The van der Waals surface area contributed by atoms with Crippen LogP contribution in [0.4, 0.5) is 0 Å². The first-order chi connectivity index (χ1) is 9.90. The number of hydrogen-bond donors (Lipinski definition) is 0. The molecule has 4 nitrogen and oxygen atoms in total. The summed E-state index contributed by atoms with van der Waals surface area (Å²) in [5, 5.41) is 0. The van der Waals surface area contributed by atoms with Crippen LogP contribution in [0.1, 0.15) is 22.3 Å². The Labute approximate surface area is 116 Å². The molecule has 0 saturated heterocycles. The molecule has 0 fully saturated rings. The van der Waals surface area contributed by atoms with Gasteiger partial charge in [-0.05, 0) is 45.5 Å². The molecule has 0 atom stereocenters. The van der Waals surface area contributed by atoms with E-state index in [9.17, 15) is 0 Å². The van der Waals surface area contributed by atoms with Gasteiger partial charge in [-0.2, -0.15) is 0 Å². The molecule has 2 aliphatic heterocycles. The van der Waals surface area contributed by atoms with Gasteiger partial charge >= 0.3 is 0 Å². The smallest absolute Gasteiger partial charge is 0.108 e. The topological polar surface area (TPSA) is 36.9 Å². The number of rotatable bonds is 1. The molecule has 0 aromatic heterocycles. The third-order valence-corrected chi connectivity index (χ3v) is 3.77. The summed E-state index contributed by atoms with van der Waals surface area (Å²) < 4.78 is 0. The highest BCUT2D eigenvalue weighted by molar-refractivity contribution is 5.66. The summed E-state index contributed by atoms with van der Waals surface area (Å²) in [6.07, 6.45) is 0. The second-order valence-electron chi connectivity index (χ2n) is 5.02. The van der Waals surface area contributed by atoms with E-state index >= 15 is 0 Å². The Hall–Kier alpha value is -1.72. The third kappa shape index (κ3) is 2.13. The highest BCUT2D eigenvalue weighted by Crippen LogP contribution is 2.29. The Bertz CT molecular complexity index is 593. The Balaban J connectivity index is 1.73. The van der Waals surface area contributed by atoms with Crippen LogP contribution in [0.5, 0.6) is 0 Å². The SMILES string of the molecule is c1cc2c(cc1-c1ccc3c(c1)COOC3)COOC2. The van der Waals surface area contributed by atoms with Gasteiger partial charge in [0.05, 0.1) is 0 Å². The number of benzene rings is 2. The first-order valence-corrected chi connectivity index (χ1v) is 6.63. The normalized spacial score (nSPS) is 17.4. The van der Waals surface area contributed by atoms with Gasteiger partial charge in [-0.25, -0.2) is 19.6 Å². The molecular formula is C16H14O4. The van der Waals surface area contributed by atoms with Crippen LogP contribution in [0.25, 0.3) is 11.1 Å². The van der Waals surface area contributed by atoms with Crippen molar-refractivity contribution < 1.29 is 19.6 Å². The summed E-state index contributed by atoms with van der Waals surface area (Å²) >= 11 is 0. The van der Waals surface area contributed by atoms with Crippen molar-refractivity contribution in [2.24, 2.45) is 0 Å². The number of fused-ring (bicyclic) bond motifs is 2. The Morgan fingerprint density at radius 3 is 1.35 bits per heavy atom. The number of hydrogen-bond acceptors (Lipinski definition) is 4. The first kappa shape index (κ1) is 12.1. The van der Waals surface area contributed by atoms with E-state index in [-0.39, 0.29) is 0 Å². The molecule has 0 aliphatic carbocycles. The van der Waals surface area contributed by atoms with Gasteiger partial charge in [-0.3, -0.25) is 0 Å². The molecule has 20 heavy (non-hydrogen) atoms. The molecule has 0 spiro atoms. The predicted octanol–water partition coefficient (Wildman–Crippen LogP) is 3.28. The average molecular weight is 270 g/mol. The summed E-state index contributed by atoms with van der Waals surface area (Å²) in [6, 6.07) is 12.8. The molecule has 0 radical (unpaired) electrons. The van der Waals surface area contributed by atoms with Gasteiger partial charge < -0.3 is 0 Å². The van der Waals surface area contributed by atoms with Gasteiger partial charge in [0.2, 0.25) is 0 Å².